The van der Waals surface area contributed by atoms with Crippen LogP contribution in [0.2, 0.25) is 0 Å². The Kier molecular flexibility index (Phi) is 4.16. The first-order valence-corrected chi connectivity index (χ1v) is 6.16. The number of rotatable bonds is 5. The average Bonchev–Trinajstić information content (AvgIpc) is 2.70. The zero-order valence-electron chi connectivity index (χ0n) is 11.4. The van der Waals surface area contributed by atoms with Crippen molar-refractivity contribution in [2.75, 3.05) is 19.0 Å². The lowest BCUT2D eigenvalue weighted by molar-refractivity contribution is 0.188. The van der Waals surface area contributed by atoms with E-state index in [0.717, 1.165) is 29.4 Å². The molecule has 0 saturated carbocycles. The summed E-state index contributed by atoms with van der Waals surface area (Å²) in [6.45, 7) is 5.14. The molecule has 102 valence electrons. The Labute approximate surface area is 112 Å². The summed E-state index contributed by atoms with van der Waals surface area (Å²) in [5.74, 6) is 0.506. The molecule has 0 saturated heterocycles. The molecule has 0 unspecified atom stereocenters. The predicted octanol–water partition coefficient (Wildman–Crippen LogP) is 3.03. The molecule has 2 aromatic rings. The van der Waals surface area contributed by atoms with Crippen molar-refractivity contribution in [1.82, 2.24) is 9.55 Å². The Balaban J connectivity index is 2.22. The van der Waals surface area contributed by atoms with Gasteiger partial charge in [-0.05, 0) is 37.6 Å². The molecular formula is C14H18FN3O. The monoisotopic (exact) mass is 263 g/mol. The maximum Gasteiger partial charge on any atom is 0.207 e. The van der Waals surface area contributed by atoms with Crippen LogP contribution >= 0.6 is 0 Å². The van der Waals surface area contributed by atoms with Crippen LogP contribution in [0.25, 0.3) is 0 Å². The molecule has 1 N–H and O–H groups in total. The number of hydrogen-bond donors (Lipinski definition) is 1. The zero-order chi connectivity index (χ0) is 13.8. The highest BCUT2D eigenvalue weighted by molar-refractivity contribution is 5.58. The van der Waals surface area contributed by atoms with Crippen molar-refractivity contribution in [3.05, 3.63) is 41.5 Å². The number of nitrogens with one attached hydrogen (secondary N) is 1. The summed E-state index contributed by atoms with van der Waals surface area (Å²) in [5, 5.41) is 3.23. The van der Waals surface area contributed by atoms with Crippen molar-refractivity contribution in [1.29, 1.82) is 0 Å². The zero-order valence-corrected chi connectivity index (χ0v) is 11.4. The van der Waals surface area contributed by atoms with Gasteiger partial charge < -0.3 is 14.6 Å². The van der Waals surface area contributed by atoms with Gasteiger partial charge in [-0.3, -0.25) is 0 Å². The lowest BCUT2D eigenvalue weighted by atomic mass is 10.2. The van der Waals surface area contributed by atoms with E-state index >= 15 is 0 Å². The van der Waals surface area contributed by atoms with E-state index < -0.39 is 0 Å². The van der Waals surface area contributed by atoms with E-state index in [0.29, 0.717) is 6.61 Å². The van der Waals surface area contributed by atoms with Gasteiger partial charge in [0.1, 0.15) is 5.82 Å². The number of anilines is 2. The van der Waals surface area contributed by atoms with Crippen molar-refractivity contribution in [2.45, 2.75) is 20.4 Å². The van der Waals surface area contributed by atoms with Gasteiger partial charge in [0.2, 0.25) is 5.95 Å². The molecule has 0 amide bonds. The van der Waals surface area contributed by atoms with E-state index in [2.05, 4.69) is 10.3 Å². The number of aryl methyl sites for hydroxylation is 2. The highest BCUT2D eigenvalue weighted by Crippen LogP contribution is 2.21. The van der Waals surface area contributed by atoms with Gasteiger partial charge >= 0.3 is 0 Å². The topological polar surface area (TPSA) is 39.1 Å². The second-order valence-electron chi connectivity index (χ2n) is 4.48. The lowest BCUT2D eigenvalue weighted by Crippen LogP contribution is -2.07. The third-order valence-corrected chi connectivity index (χ3v) is 2.87. The molecule has 0 atom stereocenters. The van der Waals surface area contributed by atoms with Crippen molar-refractivity contribution >= 4 is 11.6 Å². The highest BCUT2D eigenvalue weighted by atomic mass is 19.1. The molecule has 5 heteroatoms. The summed E-state index contributed by atoms with van der Waals surface area (Å²) in [7, 11) is 1.67. The fraction of sp³-hybridized carbons (Fsp3) is 0.357. The SMILES string of the molecule is COCCn1cc(C)nc1Nc1ccc(F)cc1C. The molecule has 0 radical (unpaired) electrons. The highest BCUT2D eigenvalue weighted by Gasteiger charge is 2.07. The van der Waals surface area contributed by atoms with E-state index in [1.165, 1.54) is 12.1 Å². The van der Waals surface area contributed by atoms with Gasteiger partial charge in [-0.15, -0.1) is 0 Å². The summed E-state index contributed by atoms with van der Waals surface area (Å²) in [5.41, 5.74) is 2.63. The van der Waals surface area contributed by atoms with Crippen LogP contribution in [0.5, 0.6) is 0 Å². The number of aromatic nitrogens is 2. The number of methoxy groups -OCH3 is 1. The smallest absolute Gasteiger partial charge is 0.207 e. The summed E-state index contributed by atoms with van der Waals surface area (Å²) in [4.78, 5) is 4.42. The fourth-order valence-corrected chi connectivity index (χ4v) is 1.89. The van der Waals surface area contributed by atoms with Crippen LogP contribution in [0.1, 0.15) is 11.3 Å². The van der Waals surface area contributed by atoms with Crippen LogP contribution in [0.15, 0.2) is 24.4 Å². The molecule has 1 aromatic heterocycles. The number of halogens is 1. The van der Waals surface area contributed by atoms with Crippen molar-refractivity contribution in [2.24, 2.45) is 0 Å². The molecular weight excluding hydrogens is 245 g/mol. The number of nitrogens with zero attached hydrogens (tertiary/aromatic N) is 2. The van der Waals surface area contributed by atoms with Crippen LogP contribution in [0.3, 0.4) is 0 Å². The van der Waals surface area contributed by atoms with Crippen molar-refractivity contribution in [3.8, 4) is 0 Å². The Hall–Kier alpha value is -1.88. The van der Waals surface area contributed by atoms with Crippen LogP contribution in [0, 0.1) is 19.7 Å². The lowest BCUT2D eigenvalue weighted by Gasteiger charge is -2.11. The largest absolute Gasteiger partial charge is 0.383 e. The number of ether oxygens (including phenoxy) is 1. The van der Waals surface area contributed by atoms with E-state index in [9.17, 15) is 4.39 Å². The van der Waals surface area contributed by atoms with E-state index in [-0.39, 0.29) is 5.82 Å². The van der Waals surface area contributed by atoms with Crippen molar-refractivity contribution in [3.63, 3.8) is 0 Å². The standard InChI is InChI=1S/C14H18FN3O/c1-10-8-12(15)4-5-13(10)17-14-16-11(2)9-18(14)6-7-19-3/h4-5,8-9H,6-7H2,1-3H3,(H,16,17). The van der Waals surface area contributed by atoms with Gasteiger partial charge in [0.25, 0.3) is 0 Å². The van der Waals surface area contributed by atoms with Crippen LogP contribution < -0.4 is 5.32 Å². The molecule has 0 aliphatic carbocycles. The van der Waals surface area contributed by atoms with Gasteiger partial charge in [0, 0.05) is 25.5 Å². The minimum absolute atomic E-state index is 0.234. The maximum atomic E-state index is 13.1. The number of imidazole rings is 1. The predicted molar refractivity (Wildman–Crippen MR) is 73.3 cm³/mol. The van der Waals surface area contributed by atoms with Gasteiger partial charge in [0.05, 0.1) is 12.3 Å². The first-order valence-electron chi connectivity index (χ1n) is 6.16. The summed E-state index contributed by atoms with van der Waals surface area (Å²) >= 11 is 0. The van der Waals surface area contributed by atoms with E-state index in [4.69, 9.17) is 4.74 Å². The number of hydrogen-bond acceptors (Lipinski definition) is 3. The molecule has 1 heterocycles. The molecule has 0 aliphatic heterocycles. The maximum absolute atomic E-state index is 13.1. The number of benzene rings is 1. The van der Waals surface area contributed by atoms with Crippen molar-refractivity contribution < 1.29 is 9.13 Å². The third kappa shape index (κ3) is 3.32. The molecule has 1 aromatic carbocycles. The van der Waals surface area contributed by atoms with Gasteiger partial charge in [-0.1, -0.05) is 0 Å². The van der Waals surface area contributed by atoms with E-state index in [1.807, 2.05) is 24.6 Å². The van der Waals surface area contributed by atoms with Crippen LogP contribution in [-0.2, 0) is 11.3 Å². The fourth-order valence-electron chi connectivity index (χ4n) is 1.89. The first kappa shape index (κ1) is 13.5. The second-order valence-corrected chi connectivity index (χ2v) is 4.48. The Morgan fingerprint density at radius 2 is 2.16 bits per heavy atom. The molecule has 19 heavy (non-hydrogen) atoms. The normalized spacial score (nSPS) is 10.7. The summed E-state index contributed by atoms with van der Waals surface area (Å²) < 4.78 is 20.1. The van der Waals surface area contributed by atoms with E-state index in [1.54, 1.807) is 13.2 Å². The molecule has 0 fully saturated rings. The first-order chi connectivity index (χ1) is 9.10. The molecule has 0 spiro atoms. The molecule has 2 rings (SSSR count). The molecule has 0 aliphatic rings. The second kappa shape index (κ2) is 5.84. The van der Waals surface area contributed by atoms with Gasteiger partial charge in [-0.25, -0.2) is 9.37 Å². The average molecular weight is 263 g/mol. The Morgan fingerprint density at radius 1 is 1.37 bits per heavy atom. The third-order valence-electron chi connectivity index (χ3n) is 2.87. The summed E-state index contributed by atoms with van der Waals surface area (Å²) in [6, 6.07) is 4.65. The minimum Gasteiger partial charge on any atom is -0.383 e. The van der Waals surface area contributed by atoms with Crippen LogP contribution in [0.4, 0.5) is 16.0 Å². The van der Waals surface area contributed by atoms with Gasteiger partial charge in [-0.2, -0.15) is 0 Å². The molecule has 4 nitrogen and oxygen atoms in total. The Morgan fingerprint density at radius 3 is 2.84 bits per heavy atom. The summed E-state index contributed by atoms with van der Waals surface area (Å²) in [6.07, 6.45) is 1.96. The van der Waals surface area contributed by atoms with Gasteiger partial charge in [0.15, 0.2) is 0 Å². The molecule has 0 bridgehead atoms. The Bertz CT molecular complexity index is 566. The minimum atomic E-state index is -0.234. The quantitative estimate of drug-likeness (QED) is 0.901. The van der Waals surface area contributed by atoms with Crippen LogP contribution in [-0.4, -0.2) is 23.3 Å².